The van der Waals surface area contributed by atoms with E-state index in [0.717, 1.165) is 11.0 Å². The number of H-pyrrole nitrogens is 1. The standard InChI is InChI=1S/C29H29N5O4/c1-33(29(36)18-9-5-4-6-10-18)14-13-24-26(35)25(28-31-22-11-7-8-12-23(22)32-28)27(30)34(24)19-15-20(37-2)17-21(16-19)38-3/h4-12,15-17,24,30,35H,13-14H2,1-3H3,(H,31,32). The molecule has 5 rings (SSSR count). The Morgan fingerprint density at radius 2 is 1.71 bits per heavy atom. The average Bonchev–Trinajstić information content (AvgIpc) is 3.48. The van der Waals surface area contributed by atoms with Gasteiger partial charge in [0.15, 0.2) is 0 Å². The van der Waals surface area contributed by atoms with Crippen LogP contribution in [0.4, 0.5) is 5.69 Å². The smallest absolute Gasteiger partial charge is 0.253 e. The number of imidazole rings is 1. The van der Waals surface area contributed by atoms with Crippen molar-refractivity contribution in [1.29, 1.82) is 5.41 Å². The number of nitrogens with zero attached hydrogens (tertiary/aromatic N) is 3. The number of hydrogen-bond acceptors (Lipinski definition) is 6. The number of carbonyl (C=O) groups is 1. The van der Waals surface area contributed by atoms with E-state index in [1.807, 2.05) is 42.5 Å². The van der Waals surface area contributed by atoms with Crippen LogP contribution in [-0.4, -0.2) is 65.6 Å². The molecule has 1 unspecified atom stereocenters. The molecule has 0 fully saturated rings. The molecule has 1 aliphatic rings. The first kappa shape index (κ1) is 24.9. The normalized spacial score (nSPS) is 15.3. The van der Waals surface area contributed by atoms with E-state index in [0.29, 0.717) is 47.1 Å². The fourth-order valence-electron chi connectivity index (χ4n) is 4.72. The van der Waals surface area contributed by atoms with E-state index in [1.54, 1.807) is 61.4 Å². The van der Waals surface area contributed by atoms with Crippen LogP contribution in [0.5, 0.6) is 11.5 Å². The highest BCUT2D eigenvalue weighted by molar-refractivity contribution is 6.31. The number of ether oxygens (including phenoxy) is 2. The summed E-state index contributed by atoms with van der Waals surface area (Å²) in [5, 5.41) is 20.6. The van der Waals surface area contributed by atoms with Gasteiger partial charge in [0, 0.05) is 37.4 Å². The van der Waals surface area contributed by atoms with Gasteiger partial charge in [0.25, 0.3) is 5.91 Å². The largest absolute Gasteiger partial charge is 0.509 e. The molecule has 2 heterocycles. The first-order valence-electron chi connectivity index (χ1n) is 12.2. The van der Waals surface area contributed by atoms with Gasteiger partial charge in [0.1, 0.15) is 28.9 Å². The van der Waals surface area contributed by atoms with Crippen LogP contribution in [0.2, 0.25) is 0 Å². The van der Waals surface area contributed by atoms with Crippen molar-refractivity contribution in [3.8, 4) is 11.5 Å². The Balaban J connectivity index is 1.52. The van der Waals surface area contributed by atoms with Gasteiger partial charge in [0.05, 0.1) is 42.6 Å². The monoisotopic (exact) mass is 511 g/mol. The molecule has 0 spiro atoms. The Kier molecular flexibility index (Phi) is 6.74. The third-order valence-corrected chi connectivity index (χ3v) is 6.71. The van der Waals surface area contributed by atoms with E-state index in [9.17, 15) is 9.90 Å². The first-order chi connectivity index (χ1) is 18.4. The van der Waals surface area contributed by atoms with Gasteiger partial charge in [-0.25, -0.2) is 4.98 Å². The molecule has 3 aromatic carbocycles. The van der Waals surface area contributed by atoms with Crippen molar-refractivity contribution in [2.45, 2.75) is 12.5 Å². The number of aromatic amines is 1. The van der Waals surface area contributed by atoms with Gasteiger partial charge in [-0.15, -0.1) is 0 Å². The Morgan fingerprint density at radius 3 is 2.37 bits per heavy atom. The molecule has 0 saturated carbocycles. The minimum Gasteiger partial charge on any atom is -0.509 e. The van der Waals surface area contributed by atoms with E-state index in [2.05, 4.69) is 9.97 Å². The number of fused-ring (bicyclic) bond motifs is 1. The van der Waals surface area contributed by atoms with Crippen LogP contribution in [0, 0.1) is 5.41 Å². The maximum Gasteiger partial charge on any atom is 0.253 e. The third kappa shape index (κ3) is 4.54. The molecule has 194 valence electrons. The minimum atomic E-state index is -0.617. The number of anilines is 1. The van der Waals surface area contributed by atoms with Crippen molar-refractivity contribution in [2.75, 3.05) is 32.7 Å². The van der Waals surface area contributed by atoms with Crippen molar-refractivity contribution < 1.29 is 19.4 Å². The van der Waals surface area contributed by atoms with Crippen molar-refractivity contribution in [2.24, 2.45) is 0 Å². The second kappa shape index (κ2) is 10.3. The molecular weight excluding hydrogens is 482 g/mol. The molecule has 1 aliphatic heterocycles. The summed E-state index contributed by atoms with van der Waals surface area (Å²) < 4.78 is 10.9. The van der Waals surface area contributed by atoms with E-state index in [-0.39, 0.29) is 17.5 Å². The zero-order valence-corrected chi connectivity index (χ0v) is 21.4. The van der Waals surface area contributed by atoms with Crippen LogP contribution in [0.3, 0.4) is 0 Å². The third-order valence-electron chi connectivity index (χ3n) is 6.71. The number of rotatable bonds is 8. The highest BCUT2D eigenvalue weighted by Gasteiger charge is 2.40. The van der Waals surface area contributed by atoms with Gasteiger partial charge >= 0.3 is 0 Å². The van der Waals surface area contributed by atoms with Crippen LogP contribution in [-0.2, 0) is 0 Å². The van der Waals surface area contributed by atoms with Gasteiger partial charge < -0.3 is 29.4 Å². The zero-order valence-electron chi connectivity index (χ0n) is 21.4. The summed E-state index contributed by atoms with van der Waals surface area (Å²) in [5.41, 5.74) is 3.06. The van der Waals surface area contributed by atoms with E-state index in [1.165, 1.54) is 0 Å². The van der Waals surface area contributed by atoms with Crippen LogP contribution in [0.1, 0.15) is 22.6 Å². The lowest BCUT2D eigenvalue weighted by Gasteiger charge is -2.29. The van der Waals surface area contributed by atoms with Crippen LogP contribution in [0.25, 0.3) is 16.6 Å². The maximum absolute atomic E-state index is 12.9. The molecule has 0 aliphatic carbocycles. The summed E-state index contributed by atoms with van der Waals surface area (Å²) in [6.07, 6.45) is 0.368. The van der Waals surface area contributed by atoms with Gasteiger partial charge in [-0.05, 0) is 30.7 Å². The van der Waals surface area contributed by atoms with Crippen molar-refractivity contribution in [3.63, 3.8) is 0 Å². The van der Waals surface area contributed by atoms with Crippen molar-refractivity contribution in [3.05, 3.63) is 89.9 Å². The average molecular weight is 512 g/mol. The predicted octanol–water partition coefficient (Wildman–Crippen LogP) is 4.88. The molecule has 38 heavy (non-hydrogen) atoms. The predicted molar refractivity (Wildman–Crippen MR) is 147 cm³/mol. The number of amidine groups is 1. The quantitative estimate of drug-likeness (QED) is 0.311. The van der Waals surface area contributed by atoms with E-state index in [4.69, 9.17) is 14.9 Å². The number of aliphatic hydroxyl groups excluding tert-OH is 1. The highest BCUT2D eigenvalue weighted by atomic mass is 16.5. The molecule has 1 aromatic heterocycles. The summed E-state index contributed by atoms with van der Waals surface area (Å²) in [6.45, 7) is 0.348. The van der Waals surface area contributed by atoms with Gasteiger partial charge in [-0.2, -0.15) is 0 Å². The van der Waals surface area contributed by atoms with Gasteiger partial charge in [0.2, 0.25) is 0 Å². The number of benzene rings is 3. The van der Waals surface area contributed by atoms with Crippen molar-refractivity contribution >= 4 is 34.0 Å². The number of methoxy groups -OCH3 is 2. The molecule has 9 heteroatoms. The van der Waals surface area contributed by atoms with Crippen LogP contribution < -0.4 is 14.4 Å². The number of aromatic nitrogens is 2. The lowest BCUT2D eigenvalue weighted by atomic mass is 10.1. The lowest BCUT2D eigenvalue weighted by Crippen LogP contribution is -2.39. The molecule has 0 bridgehead atoms. The molecule has 0 radical (unpaired) electrons. The lowest BCUT2D eigenvalue weighted by molar-refractivity contribution is 0.0791. The number of aliphatic hydroxyl groups is 1. The van der Waals surface area contributed by atoms with Gasteiger partial charge in [-0.3, -0.25) is 10.2 Å². The molecule has 1 atom stereocenters. The summed E-state index contributed by atoms with van der Waals surface area (Å²) in [7, 11) is 4.85. The summed E-state index contributed by atoms with van der Waals surface area (Å²) in [4.78, 5) is 24.2. The van der Waals surface area contributed by atoms with E-state index < -0.39 is 6.04 Å². The minimum absolute atomic E-state index is 0.0106. The molecule has 3 N–H and O–H groups in total. The fourth-order valence-corrected chi connectivity index (χ4v) is 4.72. The Labute approximate surface area is 220 Å². The second-order valence-electron chi connectivity index (χ2n) is 9.05. The number of carbonyl (C=O) groups excluding carboxylic acids is 1. The summed E-state index contributed by atoms with van der Waals surface area (Å²) in [5.74, 6) is 1.49. The molecule has 0 saturated heterocycles. The number of para-hydroxylation sites is 2. The number of nitrogens with one attached hydrogen (secondary N) is 2. The SMILES string of the molecule is COc1cc(OC)cc(N2C(=N)C(c3nc4ccccc4[nH]3)=C(O)C2CCN(C)C(=O)c2ccccc2)c1. The highest BCUT2D eigenvalue weighted by Crippen LogP contribution is 2.39. The first-order valence-corrected chi connectivity index (χ1v) is 12.2. The second-order valence-corrected chi connectivity index (χ2v) is 9.05. The van der Waals surface area contributed by atoms with E-state index >= 15 is 0 Å². The van der Waals surface area contributed by atoms with Crippen LogP contribution >= 0.6 is 0 Å². The summed E-state index contributed by atoms with van der Waals surface area (Å²) in [6, 6.07) is 21.3. The topological polar surface area (TPSA) is 115 Å². The Hall–Kier alpha value is -4.79. The maximum atomic E-state index is 12.9. The van der Waals surface area contributed by atoms with Crippen LogP contribution in [0.15, 0.2) is 78.6 Å². The molecule has 4 aromatic rings. The zero-order chi connectivity index (χ0) is 26.8. The van der Waals surface area contributed by atoms with Crippen molar-refractivity contribution in [1.82, 2.24) is 14.9 Å². The summed E-state index contributed by atoms with van der Waals surface area (Å²) >= 11 is 0. The molecule has 9 nitrogen and oxygen atoms in total. The number of amides is 1. The number of hydrogen-bond donors (Lipinski definition) is 3. The molecular formula is C29H29N5O4. The Bertz CT molecular complexity index is 1470. The van der Waals surface area contributed by atoms with Gasteiger partial charge in [-0.1, -0.05) is 30.3 Å². The molecule has 1 amide bonds. The fraction of sp³-hybridized carbons (Fsp3) is 0.207. The Morgan fingerprint density at radius 1 is 1.05 bits per heavy atom.